The van der Waals surface area contributed by atoms with E-state index in [9.17, 15) is 5.11 Å². The molecular formula is C32H34Cl2FN7O3. The molecule has 1 saturated heterocycles. The summed E-state index contributed by atoms with van der Waals surface area (Å²) < 4.78 is 31.6. The standard InChI is InChI=1S/C32H34Cl2FN7O3/c1-17-27(18(2)41(39-17)16-32(4,5)43)30-23(35)12-20(13-37-30)29-31-24(42(40-29)26-8-6-7-11-44-26)9-10-25(38-31)45-19(3)28-21(33)14-36-15-22(28)34/h9-10,12-15,19,26,43H,6-8,11,16H2,1-5H3/t19-,26?/m1/s1. The monoisotopic (exact) mass is 653 g/mol. The summed E-state index contributed by atoms with van der Waals surface area (Å²) in [6.45, 7) is 9.77. The van der Waals surface area contributed by atoms with Gasteiger partial charge < -0.3 is 14.6 Å². The van der Waals surface area contributed by atoms with Gasteiger partial charge in [-0.15, -0.1) is 0 Å². The van der Waals surface area contributed by atoms with E-state index in [-0.39, 0.29) is 18.5 Å². The Bertz CT molecular complexity index is 1860. The Labute approximate surface area is 270 Å². The molecule has 1 N–H and O–H groups in total. The average molecular weight is 655 g/mol. The Morgan fingerprint density at radius 1 is 1.11 bits per heavy atom. The zero-order chi connectivity index (χ0) is 32.0. The van der Waals surface area contributed by atoms with Gasteiger partial charge in [0.1, 0.15) is 28.8 Å². The number of halogens is 3. The third kappa shape index (κ3) is 6.27. The summed E-state index contributed by atoms with van der Waals surface area (Å²) >= 11 is 12.7. The molecule has 45 heavy (non-hydrogen) atoms. The van der Waals surface area contributed by atoms with E-state index < -0.39 is 17.5 Å². The van der Waals surface area contributed by atoms with Crippen LogP contribution in [-0.2, 0) is 11.3 Å². The van der Waals surface area contributed by atoms with Crippen LogP contribution < -0.4 is 4.74 Å². The lowest BCUT2D eigenvalue weighted by Gasteiger charge is -2.23. The van der Waals surface area contributed by atoms with Crippen molar-refractivity contribution in [2.45, 2.75) is 78.4 Å². The average Bonchev–Trinajstić information content (AvgIpc) is 3.48. The van der Waals surface area contributed by atoms with Crippen molar-refractivity contribution >= 4 is 34.2 Å². The van der Waals surface area contributed by atoms with E-state index in [1.165, 1.54) is 18.5 Å². The van der Waals surface area contributed by atoms with Gasteiger partial charge in [0.2, 0.25) is 5.88 Å². The van der Waals surface area contributed by atoms with E-state index in [4.69, 9.17) is 42.8 Å². The fourth-order valence-corrected chi connectivity index (χ4v) is 6.43. The summed E-state index contributed by atoms with van der Waals surface area (Å²) in [4.78, 5) is 13.4. The van der Waals surface area contributed by atoms with E-state index >= 15 is 4.39 Å². The Balaban J connectivity index is 1.41. The van der Waals surface area contributed by atoms with Gasteiger partial charge in [-0.1, -0.05) is 23.2 Å². The molecule has 0 spiro atoms. The summed E-state index contributed by atoms with van der Waals surface area (Å²) in [6, 6.07) is 5.04. The molecule has 1 unspecified atom stereocenters. The van der Waals surface area contributed by atoms with Gasteiger partial charge in [0, 0.05) is 53.6 Å². The first-order valence-electron chi connectivity index (χ1n) is 14.8. The number of rotatable bonds is 8. The minimum Gasteiger partial charge on any atom is -0.470 e. The van der Waals surface area contributed by atoms with Crippen LogP contribution in [0.25, 0.3) is 33.5 Å². The highest BCUT2D eigenvalue weighted by atomic mass is 35.5. The van der Waals surface area contributed by atoms with Crippen LogP contribution in [-0.4, -0.2) is 51.8 Å². The van der Waals surface area contributed by atoms with E-state index in [1.807, 2.05) is 19.9 Å². The first-order chi connectivity index (χ1) is 21.4. The molecule has 0 aromatic carbocycles. The number of fused-ring (bicyclic) bond motifs is 1. The normalized spacial score (nSPS) is 16.3. The predicted octanol–water partition coefficient (Wildman–Crippen LogP) is 7.42. The zero-order valence-electron chi connectivity index (χ0n) is 25.7. The number of hydrogen-bond donors (Lipinski definition) is 1. The van der Waals surface area contributed by atoms with Crippen LogP contribution in [0.2, 0.25) is 10.0 Å². The molecule has 1 aliphatic heterocycles. The number of hydrogen-bond acceptors (Lipinski definition) is 8. The maximum atomic E-state index is 15.9. The lowest BCUT2D eigenvalue weighted by atomic mass is 10.1. The van der Waals surface area contributed by atoms with Gasteiger partial charge in [-0.2, -0.15) is 10.2 Å². The predicted molar refractivity (Wildman–Crippen MR) is 170 cm³/mol. The molecule has 10 nitrogen and oxygen atoms in total. The summed E-state index contributed by atoms with van der Waals surface area (Å²) in [5, 5.41) is 20.5. The van der Waals surface area contributed by atoms with E-state index in [2.05, 4.69) is 15.1 Å². The highest BCUT2D eigenvalue weighted by Gasteiger charge is 2.26. The number of aliphatic hydroxyl groups is 1. The highest BCUT2D eigenvalue weighted by Crippen LogP contribution is 2.37. The fourth-order valence-electron chi connectivity index (χ4n) is 5.76. The number of pyridine rings is 3. The molecule has 0 amide bonds. The minimum atomic E-state index is -0.984. The molecule has 6 rings (SSSR count). The first-order valence-corrected chi connectivity index (χ1v) is 15.6. The smallest absolute Gasteiger partial charge is 0.214 e. The van der Waals surface area contributed by atoms with Crippen LogP contribution in [0.4, 0.5) is 4.39 Å². The minimum absolute atomic E-state index is 0.173. The van der Waals surface area contributed by atoms with Crippen molar-refractivity contribution in [1.29, 1.82) is 0 Å². The van der Waals surface area contributed by atoms with Gasteiger partial charge in [0.15, 0.2) is 6.23 Å². The molecule has 6 heterocycles. The molecule has 1 aliphatic rings. The van der Waals surface area contributed by atoms with Gasteiger partial charge in [0.25, 0.3) is 0 Å². The molecule has 5 aromatic heterocycles. The van der Waals surface area contributed by atoms with Gasteiger partial charge in [0.05, 0.1) is 33.4 Å². The largest absolute Gasteiger partial charge is 0.470 e. The molecule has 236 valence electrons. The van der Waals surface area contributed by atoms with E-state index in [0.29, 0.717) is 61.8 Å². The zero-order valence-corrected chi connectivity index (χ0v) is 27.2. The van der Waals surface area contributed by atoms with Crippen LogP contribution in [0.15, 0.2) is 36.8 Å². The van der Waals surface area contributed by atoms with Gasteiger partial charge >= 0.3 is 0 Å². The van der Waals surface area contributed by atoms with Crippen molar-refractivity contribution < 1.29 is 19.0 Å². The molecule has 13 heteroatoms. The van der Waals surface area contributed by atoms with Gasteiger partial charge in [-0.25, -0.2) is 14.1 Å². The maximum Gasteiger partial charge on any atom is 0.214 e. The van der Waals surface area contributed by atoms with Crippen LogP contribution >= 0.6 is 23.2 Å². The Morgan fingerprint density at radius 3 is 2.53 bits per heavy atom. The van der Waals surface area contributed by atoms with Crippen LogP contribution in [0.5, 0.6) is 5.88 Å². The molecule has 5 aromatic rings. The fraction of sp³-hybridized carbons (Fsp3) is 0.406. The quantitative estimate of drug-likeness (QED) is 0.184. The summed E-state index contributed by atoms with van der Waals surface area (Å²) in [5.41, 5.74) is 3.84. The van der Waals surface area contributed by atoms with Gasteiger partial charge in [-0.05, 0) is 66.0 Å². The van der Waals surface area contributed by atoms with E-state index in [0.717, 1.165) is 24.8 Å². The van der Waals surface area contributed by atoms with Crippen LogP contribution in [0.3, 0.4) is 0 Å². The third-order valence-electron chi connectivity index (χ3n) is 7.82. The number of aromatic nitrogens is 7. The summed E-state index contributed by atoms with van der Waals surface area (Å²) in [5.74, 6) is -0.207. The van der Waals surface area contributed by atoms with Crippen molar-refractivity contribution in [3.8, 4) is 28.4 Å². The number of aryl methyl sites for hydroxylation is 1. The topological polar surface area (TPSA) is 113 Å². The molecule has 2 atom stereocenters. The van der Waals surface area contributed by atoms with E-state index in [1.54, 1.807) is 42.4 Å². The van der Waals surface area contributed by atoms with Crippen molar-refractivity contribution in [3.63, 3.8) is 0 Å². The Morgan fingerprint density at radius 2 is 1.87 bits per heavy atom. The summed E-state index contributed by atoms with van der Waals surface area (Å²) in [7, 11) is 0. The molecule has 0 saturated carbocycles. The lowest BCUT2D eigenvalue weighted by molar-refractivity contribution is -0.0365. The molecule has 0 radical (unpaired) electrons. The van der Waals surface area contributed by atoms with Crippen molar-refractivity contribution in [3.05, 3.63) is 69.6 Å². The summed E-state index contributed by atoms with van der Waals surface area (Å²) in [6.07, 6.45) is 6.60. The SMILES string of the molecule is Cc1nn(CC(C)(C)O)c(C)c1-c1ncc(-c2nn(C3CCCCO3)c3ccc(O[C@H](C)c4c(Cl)cncc4Cl)nc23)cc1F. The Hall–Kier alpha value is -3.64. The van der Waals surface area contributed by atoms with Crippen LogP contribution in [0.1, 0.15) is 69.3 Å². The van der Waals surface area contributed by atoms with Gasteiger partial charge in [-0.3, -0.25) is 14.6 Å². The second kappa shape index (κ2) is 12.3. The van der Waals surface area contributed by atoms with Crippen LogP contribution in [0, 0.1) is 19.7 Å². The molecule has 0 aliphatic carbocycles. The first kappa shape index (κ1) is 31.3. The lowest BCUT2D eigenvalue weighted by Crippen LogP contribution is -2.27. The third-order valence-corrected chi connectivity index (χ3v) is 8.42. The van der Waals surface area contributed by atoms with Crippen molar-refractivity contribution in [2.24, 2.45) is 0 Å². The van der Waals surface area contributed by atoms with Crippen molar-refractivity contribution in [1.82, 2.24) is 34.5 Å². The Kier molecular flexibility index (Phi) is 8.55. The maximum absolute atomic E-state index is 15.9. The molecule has 1 fully saturated rings. The molecular weight excluding hydrogens is 620 g/mol. The second-order valence-electron chi connectivity index (χ2n) is 12.0. The number of nitrogens with zero attached hydrogens (tertiary/aromatic N) is 7. The van der Waals surface area contributed by atoms with Crippen molar-refractivity contribution in [2.75, 3.05) is 6.61 Å². The highest BCUT2D eigenvalue weighted by molar-refractivity contribution is 6.35. The number of ether oxygens (including phenoxy) is 2. The molecule has 0 bridgehead atoms. The second-order valence-corrected chi connectivity index (χ2v) is 12.8.